The van der Waals surface area contributed by atoms with Gasteiger partial charge in [0.2, 0.25) is 0 Å². The summed E-state index contributed by atoms with van der Waals surface area (Å²) < 4.78 is 40.0. The number of hydrogen-bond donors (Lipinski definition) is 1. The summed E-state index contributed by atoms with van der Waals surface area (Å²) in [5, 5.41) is 0. The molecule has 0 radical (unpaired) electrons. The average molecular weight is 394 g/mol. The molecule has 1 saturated heterocycles. The maximum absolute atomic E-state index is 13.9. The molecule has 0 saturated carbocycles. The molecule has 150 valence electrons. The Kier molecular flexibility index (Phi) is 5.46. The number of carbonyl (C=O) groups is 1. The Morgan fingerprint density at radius 1 is 1.29 bits per heavy atom. The van der Waals surface area contributed by atoms with Crippen LogP contribution in [0.2, 0.25) is 0 Å². The van der Waals surface area contributed by atoms with Crippen LogP contribution in [0, 0.1) is 5.92 Å². The highest BCUT2D eigenvalue weighted by molar-refractivity contribution is 5.89. The predicted molar refractivity (Wildman–Crippen MR) is 95.3 cm³/mol. The van der Waals surface area contributed by atoms with Crippen LogP contribution in [0.4, 0.5) is 8.78 Å². The summed E-state index contributed by atoms with van der Waals surface area (Å²) in [7, 11) is 0. The number of esters is 1. The van der Waals surface area contributed by atoms with Crippen molar-refractivity contribution in [3.8, 4) is 0 Å². The molecule has 1 fully saturated rings. The van der Waals surface area contributed by atoms with Crippen LogP contribution in [-0.4, -0.2) is 33.7 Å². The van der Waals surface area contributed by atoms with Gasteiger partial charge in [0.15, 0.2) is 12.3 Å². The van der Waals surface area contributed by atoms with Gasteiger partial charge in [-0.2, -0.15) is 0 Å². The third-order valence-electron chi connectivity index (χ3n) is 5.18. The highest BCUT2D eigenvalue weighted by Gasteiger charge is 2.59. The zero-order valence-corrected chi connectivity index (χ0v) is 15.3. The molecule has 4 atom stereocenters. The van der Waals surface area contributed by atoms with E-state index in [1.54, 1.807) is 18.2 Å². The number of nitrogens with zero attached hydrogens (tertiary/aromatic N) is 1. The number of alkyl halides is 2. The van der Waals surface area contributed by atoms with Gasteiger partial charge in [0, 0.05) is 18.2 Å². The van der Waals surface area contributed by atoms with Gasteiger partial charge in [0.05, 0.1) is 5.56 Å². The fourth-order valence-electron chi connectivity index (χ4n) is 3.50. The van der Waals surface area contributed by atoms with Crippen LogP contribution in [0.3, 0.4) is 0 Å². The van der Waals surface area contributed by atoms with Gasteiger partial charge in [-0.3, -0.25) is 14.3 Å². The van der Waals surface area contributed by atoms with E-state index in [9.17, 15) is 23.2 Å². The third kappa shape index (κ3) is 3.37. The van der Waals surface area contributed by atoms with Crippen molar-refractivity contribution in [1.29, 1.82) is 0 Å². The summed E-state index contributed by atoms with van der Waals surface area (Å²) in [6, 6.07) is 9.14. The number of carbonyl (C=O) groups excluding carboxylic acids is 1. The number of nitrogens with one attached hydrogen (secondary N) is 1. The van der Waals surface area contributed by atoms with Gasteiger partial charge in [-0.15, -0.1) is 0 Å². The Morgan fingerprint density at radius 2 is 1.96 bits per heavy atom. The molecule has 2 aromatic rings. The molecule has 28 heavy (non-hydrogen) atoms. The van der Waals surface area contributed by atoms with E-state index in [0.29, 0.717) is 0 Å². The van der Waals surface area contributed by atoms with Crippen LogP contribution >= 0.6 is 0 Å². The van der Waals surface area contributed by atoms with Crippen LogP contribution in [0.15, 0.2) is 52.2 Å². The number of aromatic amines is 1. The van der Waals surface area contributed by atoms with Crippen molar-refractivity contribution < 1.29 is 23.0 Å². The Balaban J connectivity index is 2.02. The van der Waals surface area contributed by atoms with E-state index < -0.39 is 47.5 Å². The summed E-state index contributed by atoms with van der Waals surface area (Å²) in [5.74, 6) is -1.63. The second-order valence-corrected chi connectivity index (χ2v) is 6.66. The first-order valence-electron chi connectivity index (χ1n) is 8.83. The molecule has 0 unspecified atom stereocenters. The molecular formula is C19H20F2N2O5. The van der Waals surface area contributed by atoms with Gasteiger partial charge in [0.25, 0.3) is 12.0 Å². The van der Waals surface area contributed by atoms with Crippen molar-refractivity contribution in [2.45, 2.75) is 44.6 Å². The standard InChI is InChI=1S/C19H20F2N2O5/c1-3-19(17(20)21)11(2)14(27-16(25)12-7-5-4-6-8-12)15(28-19)23-10-9-13(24)22-18(23)26/h4-11,14-15,17H,3H2,1-2H3,(H,22,24,26)/t11-,14+,15+,19+/m0/s1. The Labute approximate surface area is 158 Å². The van der Waals surface area contributed by atoms with Gasteiger partial charge in [-0.25, -0.2) is 18.4 Å². The zero-order valence-electron chi connectivity index (χ0n) is 15.3. The highest BCUT2D eigenvalue weighted by Crippen LogP contribution is 2.48. The first-order chi connectivity index (χ1) is 13.3. The van der Waals surface area contributed by atoms with Gasteiger partial charge < -0.3 is 9.47 Å². The molecule has 9 heteroatoms. The summed E-state index contributed by atoms with van der Waals surface area (Å²) in [5.41, 5.74) is -3.14. The van der Waals surface area contributed by atoms with E-state index >= 15 is 0 Å². The summed E-state index contributed by atoms with van der Waals surface area (Å²) in [6.07, 6.45) is -4.25. The lowest BCUT2D eigenvalue weighted by Crippen LogP contribution is -2.43. The van der Waals surface area contributed by atoms with Crippen LogP contribution in [0.5, 0.6) is 0 Å². The molecule has 3 rings (SSSR count). The fourth-order valence-corrected chi connectivity index (χ4v) is 3.50. The van der Waals surface area contributed by atoms with E-state index in [0.717, 1.165) is 16.8 Å². The number of benzene rings is 1. The van der Waals surface area contributed by atoms with Gasteiger partial charge in [-0.05, 0) is 18.6 Å². The number of H-pyrrole nitrogens is 1. The molecular weight excluding hydrogens is 374 g/mol. The molecule has 0 amide bonds. The minimum absolute atomic E-state index is 0.0557. The lowest BCUT2D eigenvalue weighted by molar-refractivity contribution is -0.166. The number of ether oxygens (including phenoxy) is 2. The average Bonchev–Trinajstić information content (AvgIpc) is 2.95. The Morgan fingerprint density at radius 3 is 2.54 bits per heavy atom. The first-order valence-corrected chi connectivity index (χ1v) is 8.83. The maximum Gasteiger partial charge on any atom is 0.338 e. The molecule has 1 N–H and O–H groups in total. The van der Waals surface area contributed by atoms with E-state index in [1.807, 2.05) is 0 Å². The van der Waals surface area contributed by atoms with E-state index in [4.69, 9.17) is 9.47 Å². The van der Waals surface area contributed by atoms with Crippen molar-refractivity contribution >= 4 is 5.97 Å². The Hall–Kier alpha value is -2.81. The van der Waals surface area contributed by atoms with E-state index in [2.05, 4.69) is 4.98 Å². The van der Waals surface area contributed by atoms with Crippen LogP contribution in [0.1, 0.15) is 36.9 Å². The molecule has 7 nitrogen and oxygen atoms in total. The van der Waals surface area contributed by atoms with E-state index in [-0.39, 0.29) is 12.0 Å². The highest BCUT2D eigenvalue weighted by atomic mass is 19.3. The lowest BCUT2D eigenvalue weighted by Gasteiger charge is -2.31. The minimum atomic E-state index is -2.87. The molecule has 0 bridgehead atoms. The molecule has 2 heterocycles. The molecule has 1 aromatic carbocycles. The molecule has 1 aliphatic rings. The van der Waals surface area contributed by atoms with Crippen molar-refractivity contribution in [3.05, 3.63) is 69.0 Å². The molecule has 0 spiro atoms. The van der Waals surface area contributed by atoms with Gasteiger partial charge in [-0.1, -0.05) is 32.0 Å². The Bertz CT molecular complexity index is 959. The number of rotatable bonds is 5. The largest absolute Gasteiger partial charge is 0.454 e. The topological polar surface area (TPSA) is 90.4 Å². The zero-order chi connectivity index (χ0) is 20.5. The number of hydrogen-bond acceptors (Lipinski definition) is 5. The molecule has 0 aliphatic carbocycles. The normalized spacial score (nSPS) is 27.1. The summed E-state index contributed by atoms with van der Waals surface area (Å²) in [6.45, 7) is 3.03. The van der Waals surface area contributed by atoms with E-state index in [1.165, 1.54) is 26.0 Å². The SMILES string of the molecule is CC[C@@]1(C(F)F)O[C@@H](n2ccc(=O)[nH]c2=O)[C@H](OC(=O)c2ccccc2)[C@@H]1C. The van der Waals surface area contributed by atoms with Crippen molar-refractivity contribution in [3.63, 3.8) is 0 Å². The van der Waals surface area contributed by atoms with Crippen LogP contribution in [-0.2, 0) is 9.47 Å². The fraction of sp³-hybridized carbons (Fsp3) is 0.421. The summed E-state index contributed by atoms with van der Waals surface area (Å²) >= 11 is 0. The second kappa shape index (κ2) is 7.67. The van der Waals surface area contributed by atoms with Gasteiger partial charge >= 0.3 is 11.7 Å². The third-order valence-corrected chi connectivity index (χ3v) is 5.18. The van der Waals surface area contributed by atoms with Crippen molar-refractivity contribution in [1.82, 2.24) is 9.55 Å². The quantitative estimate of drug-likeness (QED) is 0.787. The smallest absolute Gasteiger partial charge is 0.338 e. The van der Waals surface area contributed by atoms with Crippen LogP contribution < -0.4 is 11.2 Å². The van der Waals surface area contributed by atoms with Crippen molar-refractivity contribution in [2.75, 3.05) is 0 Å². The maximum atomic E-state index is 13.9. The molecule has 1 aromatic heterocycles. The summed E-state index contributed by atoms with van der Waals surface area (Å²) in [4.78, 5) is 38.1. The van der Waals surface area contributed by atoms with Gasteiger partial charge in [0.1, 0.15) is 5.60 Å². The predicted octanol–water partition coefficient (Wildman–Crippen LogP) is 2.34. The van der Waals surface area contributed by atoms with Crippen LogP contribution in [0.25, 0.3) is 0 Å². The lowest BCUT2D eigenvalue weighted by atomic mass is 9.85. The minimum Gasteiger partial charge on any atom is -0.454 e. The van der Waals surface area contributed by atoms with Crippen molar-refractivity contribution in [2.24, 2.45) is 5.92 Å². The number of aromatic nitrogens is 2. The monoisotopic (exact) mass is 394 g/mol. The molecule has 1 aliphatic heterocycles. The second-order valence-electron chi connectivity index (χ2n) is 6.66. The number of halogens is 2. The first kappa shape index (κ1) is 19.9.